The molecule has 0 unspecified atom stereocenters. The molecule has 2 aromatic rings. The Bertz CT molecular complexity index is 1020. The fourth-order valence-corrected chi connectivity index (χ4v) is 6.30. The number of aryl methyl sites for hydroxylation is 2. The summed E-state index contributed by atoms with van der Waals surface area (Å²) in [7, 11) is -3.47. The highest BCUT2D eigenvalue weighted by Gasteiger charge is 2.28. The van der Waals surface area contributed by atoms with Gasteiger partial charge in [-0.15, -0.1) is 0 Å². The first-order valence-electron chi connectivity index (χ1n) is 11.8. The molecule has 2 saturated heterocycles. The Morgan fingerprint density at radius 2 is 1.68 bits per heavy atom. The average Bonchev–Trinajstić information content (AvgIpc) is 3.33. The van der Waals surface area contributed by atoms with Crippen LogP contribution in [0.3, 0.4) is 0 Å². The number of carbonyl (C=O) groups excluding carboxylic acids is 1. The van der Waals surface area contributed by atoms with Gasteiger partial charge in [-0.25, -0.2) is 13.4 Å². The van der Waals surface area contributed by atoms with Crippen LogP contribution in [0.2, 0.25) is 0 Å². The van der Waals surface area contributed by atoms with Crippen LogP contribution >= 0.6 is 0 Å². The third-order valence-electron chi connectivity index (χ3n) is 6.47. The molecule has 1 aromatic carbocycles. The van der Waals surface area contributed by atoms with Gasteiger partial charge in [0.05, 0.1) is 15.9 Å². The van der Waals surface area contributed by atoms with Crippen LogP contribution in [-0.2, 0) is 27.8 Å². The van der Waals surface area contributed by atoms with Gasteiger partial charge in [0.25, 0.3) is 0 Å². The van der Waals surface area contributed by atoms with Crippen LogP contribution < -0.4 is 0 Å². The number of benzene rings is 1. The van der Waals surface area contributed by atoms with Gasteiger partial charge in [-0.1, -0.05) is 19.8 Å². The first kappa shape index (κ1) is 22.3. The number of hydrogen-bond acceptors (Lipinski definition) is 4. The van der Waals surface area contributed by atoms with Gasteiger partial charge in [-0.2, -0.15) is 4.31 Å². The van der Waals surface area contributed by atoms with Crippen LogP contribution in [0, 0.1) is 0 Å². The van der Waals surface area contributed by atoms with Gasteiger partial charge in [0.2, 0.25) is 15.9 Å². The maximum absolute atomic E-state index is 13.0. The van der Waals surface area contributed by atoms with Gasteiger partial charge >= 0.3 is 0 Å². The van der Waals surface area contributed by atoms with Crippen LogP contribution in [-0.4, -0.2) is 59.3 Å². The monoisotopic (exact) mass is 446 g/mol. The smallest absolute Gasteiger partial charge is 0.243 e. The van der Waals surface area contributed by atoms with Crippen molar-refractivity contribution in [2.45, 2.75) is 76.2 Å². The zero-order valence-electron chi connectivity index (χ0n) is 18.6. The summed E-state index contributed by atoms with van der Waals surface area (Å²) < 4.78 is 29.6. The molecule has 0 saturated carbocycles. The number of carbonyl (C=O) groups is 1. The molecule has 0 bridgehead atoms. The van der Waals surface area contributed by atoms with E-state index in [-0.39, 0.29) is 5.91 Å². The van der Waals surface area contributed by atoms with E-state index in [1.165, 1.54) is 12.8 Å². The Balaban J connectivity index is 1.56. The quantitative estimate of drug-likeness (QED) is 0.652. The second kappa shape index (κ2) is 9.69. The Kier molecular flexibility index (Phi) is 6.96. The number of likely N-dealkylation sites (tertiary alicyclic amines) is 1. The zero-order valence-corrected chi connectivity index (χ0v) is 19.4. The Hall–Kier alpha value is -1.93. The normalized spacial score (nSPS) is 18.5. The number of imidazole rings is 1. The van der Waals surface area contributed by atoms with Crippen molar-refractivity contribution in [1.82, 2.24) is 18.8 Å². The molecule has 2 aliphatic heterocycles. The summed E-state index contributed by atoms with van der Waals surface area (Å²) in [6.07, 6.45) is 8.42. The van der Waals surface area contributed by atoms with E-state index in [2.05, 4.69) is 11.5 Å². The lowest BCUT2D eigenvalue weighted by atomic mass is 10.2. The number of aromatic nitrogens is 2. The molecule has 0 aliphatic carbocycles. The summed E-state index contributed by atoms with van der Waals surface area (Å²) >= 11 is 0. The topological polar surface area (TPSA) is 75.5 Å². The molecule has 1 amide bonds. The third kappa shape index (κ3) is 4.80. The van der Waals surface area contributed by atoms with Crippen LogP contribution in [0.25, 0.3) is 11.0 Å². The summed E-state index contributed by atoms with van der Waals surface area (Å²) in [5.74, 6) is 1.07. The van der Waals surface area contributed by atoms with Gasteiger partial charge in [0.1, 0.15) is 5.82 Å². The van der Waals surface area contributed by atoms with E-state index in [0.29, 0.717) is 36.3 Å². The van der Waals surface area contributed by atoms with Crippen molar-refractivity contribution in [3.63, 3.8) is 0 Å². The summed E-state index contributed by atoms with van der Waals surface area (Å²) in [5.41, 5.74) is 1.64. The molecular formula is C23H34N4O3S. The predicted octanol–water partition coefficient (Wildman–Crippen LogP) is 3.57. The molecule has 170 valence electrons. The van der Waals surface area contributed by atoms with E-state index in [1.807, 2.05) is 11.0 Å². The first-order valence-corrected chi connectivity index (χ1v) is 13.2. The predicted molar refractivity (Wildman–Crippen MR) is 121 cm³/mol. The van der Waals surface area contributed by atoms with Gasteiger partial charge < -0.3 is 9.47 Å². The third-order valence-corrected chi connectivity index (χ3v) is 8.36. The molecule has 1 aromatic heterocycles. The van der Waals surface area contributed by atoms with Crippen molar-refractivity contribution < 1.29 is 13.2 Å². The maximum Gasteiger partial charge on any atom is 0.243 e. The summed E-state index contributed by atoms with van der Waals surface area (Å²) in [6, 6.07) is 5.28. The lowest BCUT2D eigenvalue weighted by molar-refractivity contribution is -0.131. The lowest BCUT2D eigenvalue weighted by Gasteiger charge is -2.20. The van der Waals surface area contributed by atoms with Crippen molar-refractivity contribution in [3.8, 4) is 0 Å². The number of sulfonamides is 1. The summed E-state index contributed by atoms with van der Waals surface area (Å²) in [5, 5.41) is 0. The van der Waals surface area contributed by atoms with E-state index >= 15 is 0 Å². The van der Waals surface area contributed by atoms with Gasteiger partial charge in [0.15, 0.2) is 0 Å². The average molecular weight is 447 g/mol. The van der Waals surface area contributed by atoms with E-state index < -0.39 is 10.0 Å². The molecule has 7 nitrogen and oxygen atoms in total. The minimum Gasteiger partial charge on any atom is -0.343 e. The number of hydrogen-bond donors (Lipinski definition) is 0. The van der Waals surface area contributed by atoms with E-state index in [0.717, 1.165) is 63.1 Å². The second-order valence-corrected chi connectivity index (χ2v) is 10.7. The molecule has 4 rings (SSSR count). The van der Waals surface area contributed by atoms with Crippen molar-refractivity contribution >= 4 is 27.0 Å². The van der Waals surface area contributed by atoms with E-state index in [4.69, 9.17) is 4.98 Å². The minimum atomic E-state index is -3.47. The second-order valence-electron chi connectivity index (χ2n) is 8.74. The number of rotatable bonds is 7. The molecule has 8 heteroatoms. The molecular weight excluding hydrogens is 412 g/mol. The first-order chi connectivity index (χ1) is 15.0. The molecule has 0 atom stereocenters. The Morgan fingerprint density at radius 3 is 2.35 bits per heavy atom. The van der Waals surface area contributed by atoms with Gasteiger partial charge in [-0.3, -0.25) is 4.79 Å². The molecule has 2 fully saturated rings. The summed E-state index contributed by atoms with van der Waals surface area (Å²) in [4.78, 5) is 19.8. The fraction of sp³-hybridized carbons (Fsp3) is 0.652. The van der Waals surface area contributed by atoms with Gasteiger partial charge in [0, 0.05) is 45.6 Å². The number of amides is 1. The number of nitrogens with zero attached hydrogens (tertiary/aromatic N) is 4. The number of fused-ring (bicyclic) bond motifs is 1. The largest absolute Gasteiger partial charge is 0.343 e. The Morgan fingerprint density at radius 1 is 1.00 bits per heavy atom. The molecule has 2 aliphatic rings. The van der Waals surface area contributed by atoms with Crippen LogP contribution in [0.5, 0.6) is 0 Å². The molecule has 3 heterocycles. The lowest BCUT2D eigenvalue weighted by Crippen LogP contribution is -2.32. The highest BCUT2D eigenvalue weighted by Crippen LogP contribution is 2.26. The standard InChI is InChI=1S/C23H34N4O3S/c1-2-13-27-21-10-9-19(31(29,30)26-16-7-8-17-26)18-20(21)24-22(27)11-12-23(28)25-14-5-3-4-6-15-25/h9-10,18H,2-8,11-17H2,1H3. The molecule has 0 N–H and O–H groups in total. The molecule has 0 radical (unpaired) electrons. The van der Waals surface area contributed by atoms with Crippen LogP contribution in [0.15, 0.2) is 23.1 Å². The van der Waals surface area contributed by atoms with E-state index in [9.17, 15) is 13.2 Å². The highest BCUT2D eigenvalue weighted by molar-refractivity contribution is 7.89. The minimum absolute atomic E-state index is 0.203. The zero-order chi connectivity index (χ0) is 21.8. The van der Waals surface area contributed by atoms with E-state index in [1.54, 1.807) is 16.4 Å². The summed E-state index contributed by atoms with van der Waals surface area (Å²) in [6.45, 7) is 5.83. The van der Waals surface area contributed by atoms with Crippen LogP contribution in [0.4, 0.5) is 0 Å². The fourth-order valence-electron chi connectivity index (χ4n) is 4.76. The highest BCUT2D eigenvalue weighted by atomic mass is 32.2. The van der Waals surface area contributed by atoms with Crippen molar-refractivity contribution in [2.75, 3.05) is 26.2 Å². The van der Waals surface area contributed by atoms with Crippen molar-refractivity contribution in [3.05, 3.63) is 24.0 Å². The van der Waals surface area contributed by atoms with Crippen molar-refractivity contribution in [1.29, 1.82) is 0 Å². The van der Waals surface area contributed by atoms with Crippen molar-refractivity contribution in [2.24, 2.45) is 0 Å². The maximum atomic E-state index is 13.0. The van der Waals surface area contributed by atoms with Gasteiger partial charge in [-0.05, 0) is 50.3 Å². The Labute approximate surface area is 185 Å². The molecule has 31 heavy (non-hydrogen) atoms. The molecule has 0 spiro atoms. The SMILES string of the molecule is CCCn1c(CCC(=O)N2CCCCCC2)nc2cc(S(=O)(=O)N3CCCC3)ccc21. The van der Waals surface area contributed by atoms with Crippen LogP contribution in [0.1, 0.15) is 64.1 Å².